The van der Waals surface area contributed by atoms with Crippen molar-refractivity contribution in [3.8, 4) is 0 Å². The molecule has 0 spiro atoms. The van der Waals surface area contributed by atoms with Crippen molar-refractivity contribution in [3.63, 3.8) is 0 Å². The Morgan fingerprint density at radius 1 is 1.40 bits per heavy atom. The van der Waals surface area contributed by atoms with E-state index < -0.39 is 44.2 Å². The number of carboxylic acid groups (broad SMARTS) is 1. The standard InChI is InChI=1S/C14H20N5O9PS/c15-13-17-10-7(11(23)18-13)16-14(30-3-1-2-6(20)21)19(10)12-8(22)9-5(27-12)4-26-29(24,25)28-9/h5,8-9,12,22,24-25,29H,1-4H2,(H,20,21)(H3,15,17,18,23)/t5?,8-,9+,12+/m0/s1. The van der Waals surface area contributed by atoms with E-state index in [1.807, 2.05) is 0 Å². The van der Waals surface area contributed by atoms with Crippen LogP contribution >= 0.6 is 19.9 Å². The molecule has 2 saturated heterocycles. The number of hydrogen-bond donors (Lipinski definition) is 6. The van der Waals surface area contributed by atoms with Crippen LogP contribution in [0.1, 0.15) is 19.1 Å². The van der Waals surface area contributed by atoms with Crippen molar-refractivity contribution in [2.75, 3.05) is 18.1 Å². The van der Waals surface area contributed by atoms with Gasteiger partial charge < -0.3 is 0 Å². The van der Waals surface area contributed by atoms with Crippen LogP contribution in [0.15, 0.2) is 9.95 Å². The van der Waals surface area contributed by atoms with Crippen LogP contribution in [0.5, 0.6) is 0 Å². The molecule has 2 aliphatic heterocycles. The number of carboxylic acids is 1. The molecule has 166 valence electrons. The molecule has 0 radical (unpaired) electrons. The van der Waals surface area contributed by atoms with Gasteiger partial charge in [0.25, 0.3) is 0 Å². The number of imidazole rings is 1. The number of aliphatic hydroxyl groups is 1. The maximum atomic E-state index is 12.3. The number of ether oxygens (including phenoxy) is 1. The number of nitrogens with zero attached hydrogens (tertiary/aromatic N) is 3. The Hall–Kier alpha value is -1.84. The first kappa shape index (κ1) is 21.4. The molecule has 0 aliphatic carbocycles. The van der Waals surface area contributed by atoms with Gasteiger partial charge in [-0.2, -0.15) is 0 Å². The Labute approximate surface area is 172 Å². The molecule has 4 atom stereocenters. The van der Waals surface area contributed by atoms with E-state index in [1.54, 1.807) is 0 Å². The summed E-state index contributed by atoms with van der Waals surface area (Å²) in [4.78, 5) is 53.1. The predicted molar refractivity (Wildman–Crippen MR) is 104 cm³/mol. The molecule has 7 N–H and O–H groups in total. The number of fused-ring (bicyclic) bond motifs is 2. The fourth-order valence-electron chi connectivity index (χ4n) is 3.31. The molecule has 4 heterocycles. The van der Waals surface area contributed by atoms with Crippen LogP contribution in [0.4, 0.5) is 5.95 Å². The van der Waals surface area contributed by atoms with Crippen LogP contribution in [0.3, 0.4) is 0 Å². The molecular weight excluding hydrogens is 445 g/mol. The summed E-state index contributed by atoms with van der Waals surface area (Å²) in [7, 11) is -4.37. The van der Waals surface area contributed by atoms with Crippen molar-refractivity contribution in [1.29, 1.82) is 0 Å². The van der Waals surface area contributed by atoms with Gasteiger partial charge in [0.05, 0.1) is 0 Å². The minimum absolute atomic E-state index is 0.0409. The Morgan fingerprint density at radius 3 is 2.90 bits per heavy atom. The van der Waals surface area contributed by atoms with Gasteiger partial charge in [-0.15, -0.1) is 0 Å². The van der Waals surface area contributed by atoms with E-state index in [9.17, 15) is 24.5 Å². The summed E-state index contributed by atoms with van der Waals surface area (Å²) in [5, 5.41) is 19.8. The van der Waals surface area contributed by atoms with Gasteiger partial charge in [0, 0.05) is 0 Å². The Balaban J connectivity index is 1.70. The van der Waals surface area contributed by atoms with Gasteiger partial charge >= 0.3 is 172 Å². The first-order chi connectivity index (χ1) is 14.2. The summed E-state index contributed by atoms with van der Waals surface area (Å²) < 4.78 is 17.1. The average Bonchev–Trinajstić information content (AvgIpc) is 3.16. The first-order valence-corrected chi connectivity index (χ1v) is 11.6. The van der Waals surface area contributed by atoms with E-state index in [1.165, 1.54) is 4.57 Å². The predicted octanol–water partition coefficient (Wildman–Crippen LogP) is -1.27. The summed E-state index contributed by atoms with van der Waals surface area (Å²) >= 11 is 1.15. The fourth-order valence-corrected chi connectivity index (χ4v) is 5.37. The van der Waals surface area contributed by atoms with Crippen LogP contribution in [0.2, 0.25) is 0 Å². The molecule has 16 heteroatoms. The number of H-pyrrole nitrogens is 1. The second-order valence-corrected chi connectivity index (χ2v) is 9.41. The van der Waals surface area contributed by atoms with Crippen molar-refractivity contribution in [2.45, 2.75) is 42.5 Å². The van der Waals surface area contributed by atoms with Crippen LogP contribution in [0, 0.1) is 0 Å². The molecular formula is C14H20N5O9PS. The number of thioether (sulfide) groups is 1. The number of aliphatic hydroxyl groups excluding tert-OH is 1. The molecule has 2 aromatic rings. The number of rotatable bonds is 6. The topological polar surface area (TPSA) is 215 Å². The van der Waals surface area contributed by atoms with E-state index in [0.717, 1.165) is 11.8 Å². The Kier molecular flexibility index (Phi) is 5.71. The van der Waals surface area contributed by atoms with E-state index in [0.29, 0.717) is 12.2 Å². The van der Waals surface area contributed by atoms with Crippen molar-refractivity contribution in [2.24, 2.45) is 0 Å². The molecule has 0 saturated carbocycles. The molecule has 0 amide bonds. The monoisotopic (exact) mass is 465 g/mol. The van der Waals surface area contributed by atoms with E-state index in [-0.39, 0.29) is 35.3 Å². The number of aliphatic carboxylic acids is 1. The summed E-state index contributed by atoms with van der Waals surface area (Å²) in [6.07, 6.45) is -4.07. The van der Waals surface area contributed by atoms with E-state index >= 15 is 0 Å². The van der Waals surface area contributed by atoms with Gasteiger partial charge in [0.15, 0.2) is 0 Å². The Bertz CT molecular complexity index is 1030. The maximum absolute atomic E-state index is 12.3. The molecule has 14 nitrogen and oxygen atoms in total. The summed E-state index contributed by atoms with van der Waals surface area (Å²) in [6, 6.07) is 0. The number of nitrogens with two attached hydrogens (primary N) is 1. The quantitative estimate of drug-likeness (QED) is 0.167. The molecule has 0 aromatic carbocycles. The number of anilines is 1. The molecule has 0 bridgehead atoms. The SMILES string of the molecule is Nc1nc2c(nc(SCCCC(=O)O)n2[C@@H]2OC3CO[PH](O)(O)O[C@H]3[C@@H]2O)c(=O)[nH]1. The number of aromatic nitrogens is 4. The molecule has 2 fully saturated rings. The summed E-state index contributed by atoms with van der Waals surface area (Å²) in [5.41, 5.74) is 5.07. The van der Waals surface area contributed by atoms with Crippen LogP contribution in [-0.2, 0) is 18.6 Å². The normalized spacial score (nSPS) is 29.0. The number of carbonyl (C=O) groups is 1. The molecule has 30 heavy (non-hydrogen) atoms. The van der Waals surface area contributed by atoms with Gasteiger partial charge in [0.1, 0.15) is 0 Å². The van der Waals surface area contributed by atoms with Crippen molar-refractivity contribution < 1.29 is 38.6 Å². The van der Waals surface area contributed by atoms with Gasteiger partial charge in [-0.05, 0) is 0 Å². The van der Waals surface area contributed by atoms with Crippen molar-refractivity contribution in [3.05, 3.63) is 10.4 Å². The van der Waals surface area contributed by atoms with E-state index in [4.69, 9.17) is 24.6 Å². The van der Waals surface area contributed by atoms with Gasteiger partial charge in [-0.25, -0.2) is 0 Å². The van der Waals surface area contributed by atoms with Crippen molar-refractivity contribution >= 4 is 43.0 Å². The van der Waals surface area contributed by atoms with Crippen LogP contribution < -0.4 is 11.3 Å². The second kappa shape index (κ2) is 8.01. The number of nitrogen functional groups attached to an aromatic ring is 1. The zero-order valence-electron chi connectivity index (χ0n) is 15.3. The number of aromatic amines is 1. The number of hydrogen-bond acceptors (Lipinski definition) is 12. The average molecular weight is 465 g/mol. The zero-order chi connectivity index (χ0) is 21.6. The fraction of sp³-hybridized carbons (Fsp3) is 0.571. The van der Waals surface area contributed by atoms with Gasteiger partial charge in [0.2, 0.25) is 0 Å². The first-order valence-electron chi connectivity index (χ1n) is 8.88. The molecule has 4 rings (SSSR count). The summed E-state index contributed by atoms with van der Waals surface area (Å²) in [5.74, 6) is -0.745. The third-order valence-electron chi connectivity index (χ3n) is 4.59. The van der Waals surface area contributed by atoms with Crippen LogP contribution in [0.25, 0.3) is 11.2 Å². The Morgan fingerprint density at radius 2 is 2.17 bits per heavy atom. The molecule has 2 aliphatic rings. The number of nitrogens with one attached hydrogen (secondary N) is 1. The molecule has 2 aromatic heterocycles. The van der Waals surface area contributed by atoms with Crippen molar-refractivity contribution in [1.82, 2.24) is 19.5 Å². The third kappa shape index (κ3) is 4.02. The summed E-state index contributed by atoms with van der Waals surface area (Å²) in [6.45, 7) is -0.207. The van der Waals surface area contributed by atoms with Gasteiger partial charge in [-0.3, -0.25) is 0 Å². The molecule has 1 unspecified atom stereocenters. The zero-order valence-corrected chi connectivity index (χ0v) is 17.1. The minimum atomic E-state index is -4.37. The second-order valence-electron chi connectivity index (χ2n) is 6.73. The van der Waals surface area contributed by atoms with Crippen LogP contribution in [-0.4, -0.2) is 76.2 Å². The van der Waals surface area contributed by atoms with E-state index in [2.05, 4.69) is 15.0 Å². The third-order valence-corrected chi connectivity index (χ3v) is 6.75. The van der Waals surface area contributed by atoms with Gasteiger partial charge in [-0.1, -0.05) is 0 Å².